The Morgan fingerprint density at radius 3 is 3.00 bits per heavy atom. The molecule has 3 N–H and O–H groups in total. The van der Waals surface area contributed by atoms with Gasteiger partial charge in [0, 0.05) is 12.2 Å². The van der Waals surface area contributed by atoms with Crippen LogP contribution in [0.3, 0.4) is 0 Å². The van der Waals surface area contributed by atoms with E-state index in [0.717, 1.165) is 0 Å². The van der Waals surface area contributed by atoms with Crippen LogP contribution in [-0.2, 0) is 9.53 Å². The molecule has 0 saturated carbocycles. The van der Waals surface area contributed by atoms with E-state index in [1.54, 1.807) is 6.92 Å². The maximum atomic E-state index is 11.3. The van der Waals surface area contributed by atoms with E-state index in [2.05, 4.69) is 9.97 Å². The van der Waals surface area contributed by atoms with Crippen LogP contribution in [0.1, 0.15) is 23.8 Å². The van der Waals surface area contributed by atoms with E-state index in [4.69, 9.17) is 10.5 Å². The van der Waals surface area contributed by atoms with Crippen LogP contribution in [-0.4, -0.2) is 34.2 Å². The third-order valence-corrected chi connectivity index (χ3v) is 2.52. The Morgan fingerprint density at radius 2 is 2.38 bits per heavy atom. The van der Waals surface area contributed by atoms with Crippen molar-refractivity contribution in [3.63, 3.8) is 0 Å². The summed E-state index contributed by atoms with van der Waals surface area (Å²) in [5, 5.41) is 0.573. The van der Waals surface area contributed by atoms with Crippen molar-refractivity contribution < 1.29 is 14.3 Å². The first-order chi connectivity index (χ1) is 7.63. The van der Waals surface area contributed by atoms with Crippen LogP contribution in [0, 0.1) is 0 Å². The van der Waals surface area contributed by atoms with Gasteiger partial charge in [0.25, 0.3) is 0 Å². The number of hydrogen-bond acceptors (Lipinski definition) is 5. The molecule has 6 nitrogen and oxygen atoms in total. The summed E-state index contributed by atoms with van der Waals surface area (Å²) in [7, 11) is 0. The summed E-state index contributed by atoms with van der Waals surface area (Å²) in [6.07, 6.45) is 1.69. The lowest BCUT2D eigenvalue weighted by molar-refractivity contribution is -0.117. The molecule has 0 radical (unpaired) electrons. The molecule has 0 bridgehead atoms. The normalized spacial score (nSPS) is 10.1. The number of amides is 1. The summed E-state index contributed by atoms with van der Waals surface area (Å²) < 4.78 is 4.79. The summed E-state index contributed by atoms with van der Waals surface area (Å²) in [5.74, 6) is -0.257. The van der Waals surface area contributed by atoms with Crippen molar-refractivity contribution in [3.8, 4) is 0 Å². The largest absolute Gasteiger partial charge is 0.461 e. The molecule has 0 aromatic carbocycles. The highest BCUT2D eigenvalue weighted by Crippen LogP contribution is 2.14. The van der Waals surface area contributed by atoms with Gasteiger partial charge in [0.05, 0.1) is 12.8 Å². The van der Waals surface area contributed by atoms with Crippen molar-refractivity contribution in [3.05, 3.63) is 11.9 Å². The van der Waals surface area contributed by atoms with E-state index in [-0.39, 0.29) is 12.3 Å². The number of esters is 1. The molecule has 0 aliphatic carbocycles. The third-order valence-electron chi connectivity index (χ3n) is 1.64. The number of nitrogens with two attached hydrogens (primary N) is 1. The average molecular weight is 243 g/mol. The molecule has 1 aromatic rings. The van der Waals surface area contributed by atoms with Crippen molar-refractivity contribution in [1.82, 2.24) is 9.97 Å². The number of aromatic nitrogens is 2. The van der Waals surface area contributed by atoms with Gasteiger partial charge in [-0.15, -0.1) is 0 Å². The van der Waals surface area contributed by atoms with Crippen molar-refractivity contribution in [2.75, 3.05) is 12.4 Å². The molecule has 0 aliphatic rings. The number of carbonyl (C=O) groups excluding carboxylic acids is 2. The molecule has 7 heteroatoms. The Labute approximate surface area is 96.9 Å². The van der Waals surface area contributed by atoms with E-state index in [9.17, 15) is 9.59 Å². The van der Waals surface area contributed by atoms with Gasteiger partial charge in [-0.25, -0.2) is 9.78 Å². The molecular weight excluding hydrogens is 230 g/mol. The molecule has 0 saturated heterocycles. The highest BCUT2D eigenvalue weighted by atomic mass is 32.2. The summed E-state index contributed by atoms with van der Waals surface area (Å²) in [5.41, 5.74) is 5.30. The summed E-state index contributed by atoms with van der Waals surface area (Å²) in [6, 6.07) is 0. The molecule has 0 fully saturated rings. The lowest BCUT2D eigenvalue weighted by Gasteiger charge is -1.97. The fraction of sp³-hybridized carbons (Fsp3) is 0.444. The molecule has 0 atom stereocenters. The molecule has 1 rings (SSSR count). The monoisotopic (exact) mass is 243 g/mol. The van der Waals surface area contributed by atoms with Crippen molar-refractivity contribution in [2.45, 2.75) is 18.5 Å². The smallest absolute Gasteiger partial charge is 0.356 e. The van der Waals surface area contributed by atoms with Gasteiger partial charge in [-0.2, -0.15) is 0 Å². The van der Waals surface area contributed by atoms with Gasteiger partial charge in [-0.05, 0) is 6.92 Å². The minimum Gasteiger partial charge on any atom is -0.461 e. The lowest BCUT2D eigenvalue weighted by atomic mass is 10.5. The van der Waals surface area contributed by atoms with Crippen LogP contribution < -0.4 is 5.73 Å². The molecule has 0 spiro atoms. The molecule has 1 amide bonds. The van der Waals surface area contributed by atoms with Crippen LogP contribution in [0.15, 0.2) is 11.4 Å². The van der Waals surface area contributed by atoms with Crippen molar-refractivity contribution in [1.29, 1.82) is 0 Å². The second-order valence-corrected chi connectivity index (χ2v) is 3.97. The predicted octanol–water partition coefficient (Wildman–Crippen LogP) is 0.554. The minimum atomic E-state index is -0.434. The molecule has 0 unspecified atom stereocenters. The van der Waals surface area contributed by atoms with Crippen LogP contribution in [0.5, 0.6) is 0 Å². The fourth-order valence-corrected chi connectivity index (χ4v) is 1.74. The molecule has 1 aromatic heterocycles. The number of carbonyl (C=O) groups is 2. The predicted molar refractivity (Wildman–Crippen MR) is 59.1 cm³/mol. The number of H-pyrrole nitrogens is 1. The van der Waals surface area contributed by atoms with E-state index >= 15 is 0 Å². The van der Waals surface area contributed by atoms with Gasteiger partial charge in [-0.3, -0.25) is 4.79 Å². The van der Waals surface area contributed by atoms with E-state index in [0.29, 0.717) is 23.2 Å². The first-order valence-electron chi connectivity index (χ1n) is 4.76. The number of imidazole rings is 1. The van der Waals surface area contributed by atoms with Crippen LogP contribution >= 0.6 is 11.8 Å². The number of primary amides is 1. The molecule has 16 heavy (non-hydrogen) atoms. The number of rotatable bonds is 6. The minimum absolute atomic E-state index is 0.278. The number of nitrogens with zero attached hydrogens (tertiary/aromatic N) is 1. The summed E-state index contributed by atoms with van der Waals surface area (Å²) >= 11 is 1.33. The average Bonchev–Trinajstić information content (AvgIpc) is 2.66. The fourth-order valence-electron chi connectivity index (χ4n) is 0.937. The van der Waals surface area contributed by atoms with Gasteiger partial charge in [0.2, 0.25) is 5.91 Å². The Morgan fingerprint density at radius 1 is 1.62 bits per heavy atom. The van der Waals surface area contributed by atoms with Crippen molar-refractivity contribution >= 4 is 23.6 Å². The Hall–Kier alpha value is -1.50. The molecule has 1 heterocycles. The maximum absolute atomic E-state index is 11.3. The lowest BCUT2D eigenvalue weighted by Crippen LogP contribution is -2.10. The quantitative estimate of drug-likeness (QED) is 0.561. The number of aromatic amines is 1. The van der Waals surface area contributed by atoms with Gasteiger partial charge in [0.15, 0.2) is 5.16 Å². The zero-order valence-corrected chi connectivity index (χ0v) is 9.67. The Bertz CT molecular complexity index is 378. The Kier molecular flexibility index (Phi) is 4.84. The highest BCUT2D eigenvalue weighted by Gasteiger charge is 2.10. The second kappa shape index (κ2) is 6.16. The summed E-state index contributed by atoms with van der Waals surface area (Å²) in [4.78, 5) is 28.5. The maximum Gasteiger partial charge on any atom is 0.356 e. The van der Waals surface area contributed by atoms with E-state index in [1.807, 2.05) is 0 Å². The van der Waals surface area contributed by atoms with E-state index < -0.39 is 5.97 Å². The topological polar surface area (TPSA) is 98.1 Å². The SMILES string of the molecule is CCOC(=O)c1cnc(SCCC(N)=O)[nH]1. The van der Waals surface area contributed by atoms with Gasteiger partial charge in [-0.1, -0.05) is 11.8 Å². The first-order valence-corrected chi connectivity index (χ1v) is 5.75. The second-order valence-electron chi connectivity index (χ2n) is 2.89. The van der Waals surface area contributed by atoms with Crippen LogP contribution in [0.4, 0.5) is 0 Å². The molecule has 0 aliphatic heterocycles. The van der Waals surface area contributed by atoms with Crippen LogP contribution in [0.25, 0.3) is 0 Å². The zero-order valence-electron chi connectivity index (χ0n) is 8.86. The Balaban J connectivity index is 2.45. The van der Waals surface area contributed by atoms with E-state index in [1.165, 1.54) is 18.0 Å². The highest BCUT2D eigenvalue weighted by molar-refractivity contribution is 7.99. The number of nitrogens with one attached hydrogen (secondary N) is 1. The van der Waals surface area contributed by atoms with Gasteiger partial charge < -0.3 is 15.5 Å². The number of hydrogen-bond donors (Lipinski definition) is 2. The zero-order chi connectivity index (χ0) is 12.0. The standard InChI is InChI=1S/C9H13N3O3S/c1-2-15-8(14)6-5-11-9(12-6)16-4-3-7(10)13/h5H,2-4H2,1H3,(H2,10,13)(H,11,12). The van der Waals surface area contributed by atoms with Crippen molar-refractivity contribution in [2.24, 2.45) is 5.73 Å². The third kappa shape index (κ3) is 3.93. The van der Waals surface area contributed by atoms with Gasteiger partial charge >= 0.3 is 5.97 Å². The van der Waals surface area contributed by atoms with Crippen LogP contribution in [0.2, 0.25) is 0 Å². The first kappa shape index (κ1) is 12.6. The number of thioether (sulfide) groups is 1. The number of ether oxygens (including phenoxy) is 1. The molecule has 88 valence electrons. The summed E-state index contributed by atoms with van der Waals surface area (Å²) in [6.45, 7) is 2.05. The van der Waals surface area contributed by atoms with Gasteiger partial charge in [0.1, 0.15) is 5.69 Å². The molecular formula is C9H13N3O3S.